The van der Waals surface area contributed by atoms with Crippen molar-refractivity contribution >= 4 is 17.4 Å². The van der Waals surface area contributed by atoms with E-state index in [-0.39, 0.29) is 5.82 Å². The van der Waals surface area contributed by atoms with Crippen molar-refractivity contribution < 1.29 is 4.39 Å². The SMILES string of the molecule is Cn1nc(-c2ccc(Cl)cc2)c(-c2ccc(F)cc2)c1N. The first-order valence-electron chi connectivity index (χ1n) is 6.40. The number of nitrogen functional groups attached to an aromatic ring is 1. The lowest BCUT2D eigenvalue weighted by Gasteiger charge is -2.04. The molecule has 0 saturated heterocycles. The quantitative estimate of drug-likeness (QED) is 0.773. The van der Waals surface area contributed by atoms with Crippen LogP contribution in [0.5, 0.6) is 0 Å². The van der Waals surface area contributed by atoms with Gasteiger partial charge in [0.25, 0.3) is 0 Å². The number of hydrogen-bond donors (Lipinski definition) is 1. The average molecular weight is 302 g/mol. The maximum atomic E-state index is 13.1. The number of aryl methyl sites for hydroxylation is 1. The molecule has 3 nitrogen and oxygen atoms in total. The Kier molecular flexibility index (Phi) is 3.39. The van der Waals surface area contributed by atoms with Crippen LogP contribution in [0.25, 0.3) is 22.4 Å². The molecule has 0 unspecified atom stereocenters. The van der Waals surface area contributed by atoms with Crippen molar-refractivity contribution in [2.24, 2.45) is 7.05 Å². The number of benzene rings is 2. The number of aromatic nitrogens is 2. The Balaban J connectivity index is 2.20. The Morgan fingerprint density at radius 1 is 1.00 bits per heavy atom. The highest BCUT2D eigenvalue weighted by Gasteiger charge is 2.17. The molecule has 3 rings (SSSR count). The van der Waals surface area contributed by atoms with Gasteiger partial charge in [0.2, 0.25) is 0 Å². The maximum absolute atomic E-state index is 13.1. The van der Waals surface area contributed by atoms with Crippen LogP contribution in [-0.2, 0) is 7.05 Å². The van der Waals surface area contributed by atoms with Crippen molar-refractivity contribution in [1.82, 2.24) is 9.78 Å². The van der Waals surface area contributed by atoms with Crippen LogP contribution in [0.4, 0.5) is 10.2 Å². The number of halogens is 2. The first-order valence-corrected chi connectivity index (χ1v) is 6.78. The van der Waals surface area contributed by atoms with E-state index in [1.165, 1.54) is 12.1 Å². The third-order valence-corrected chi connectivity index (χ3v) is 3.59. The second kappa shape index (κ2) is 5.22. The van der Waals surface area contributed by atoms with Crippen LogP contribution in [0.2, 0.25) is 5.02 Å². The van der Waals surface area contributed by atoms with Gasteiger partial charge in [-0.25, -0.2) is 4.39 Å². The van der Waals surface area contributed by atoms with Crippen LogP contribution in [0, 0.1) is 5.82 Å². The molecule has 3 aromatic rings. The van der Waals surface area contributed by atoms with Crippen LogP contribution in [0.15, 0.2) is 48.5 Å². The molecule has 2 aromatic carbocycles. The molecule has 0 aliphatic rings. The largest absolute Gasteiger partial charge is 0.383 e. The Morgan fingerprint density at radius 3 is 2.19 bits per heavy atom. The van der Waals surface area contributed by atoms with E-state index in [9.17, 15) is 4.39 Å². The predicted molar refractivity (Wildman–Crippen MR) is 83.5 cm³/mol. The van der Waals surface area contributed by atoms with Gasteiger partial charge in [0.1, 0.15) is 17.3 Å². The van der Waals surface area contributed by atoms with Crippen molar-refractivity contribution in [3.05, 3.63) is 59.4 Å². The van der Waals surface area contributed by atoms with Gasteiger partial charge in [0.05, 0.1) is 5.56 Å². The molecule has 1 heterocycles. The second-order valence-corrected chi connectivity index (χ2v) is 5.18. The zero-order chi connectivity index (χ0) is 15.0. The van der Waals surface area contributed by atoms with E-state index >= 15 is 0 Å². The van der Waals surface area contributed by atoms with Crippen molar-refractivity contribution in [3.63, 3.8) is 0 Å². The number of rotatable bonds is 2. The summed E-state index contributed by atoms with van der Waals surface area (Å²) in [4.78, 5) is 0. The van der Waals surface area contributed by atoms with Gasteiger partial charge >= 0.3 is 0 Å². The van der Waals surface area contributed by atoms with Gasteiger partial charge in [-0.1, -0.05) is 35.9 Å². The number of nitrogens with two attached hydrogens (primary N) is 1. The average Bonchev–Trinajstić information content (AvgIpc) is 2.77. The van der Waals surface area contributed by atoms with Gasteiger partial charge in [-0.05, 0) is 29.8 Å². The summed E-state index contributed by atoms with van der Waals surface area (Å²) in [6, 6.07) is 13.6. The summed E-state index contributed by atoms with van der Waals surface area (Å²) in [5.74, 6) is 0.251. The molecular weight excluding hydrogens is 289 g/mol. The molecule has 0 saturated carbocycles. The van der Waals surface area contributed by atoms with Crippen molar-refractivity contribution in [2.45, 2.75) is 0 Å². The molecule has 0 radical (unpaired) electrons. The molecule has 0 bridgehead atoms. The van der Waals surface area contributed by atoms with E-state index in [0.29, 0.717) is 10.8 Å². The third kappa shape index (κ3) is 2.50. The molecule has 0 atom stereocenters. The molecule has 0 aliphatic heterocycles. The fraction of sp³-hybridized carbons (Fsp3) is 0.0625. The Hall–Kier alpha value is -2.33. The van der Waals surface area contributed by atoms with Crippen molar-refractivity contribution in [2.75, 3.05) is 5.73 Å². The van der Waals surface area contributed by atoms with Crippen LogP contribution < -0.4 is 5.73 Å². The number of anilines is 1. The van der Waals surface area contributed by atoms with Crippen LogP contribution >= 0.6 is 11.6 Å². The van der Waals surface area contributed by atoms with E-state index in [4.69, 9.17) is 17.3 Å². The van der Waals surface area contributed by atoms with Gasteiger partial charge in [-0.15, -0.1) is 0 Å². The highest BCUT2D eigenvalue weighted by molar-refractivity contribution is 6.30. The monoisotopic (exact) mass is 301 g/mol. The van der Waals surface area contributed by atoms with Crippen LogP contribution in [0.3, 0.4) is 0 Å². The van der Waals surface area contributed by atoms with Crippen LogP contribution in [0.1, 0.15) is 0 Å². The summed E-state index contributed by atoms with van der Waals surface area (Å²) in [6.45, 7) is 0. The summed E-state index contributed by atoms with van der Waals surface area (Å²) < 4.78 is 14.7. The molecule has 5 heteroatoms. The van der Waals surface area contributed by atoms with E-state index in [1.807, 2.05) is 12.1 Å². The summed E-state index contributed by atoms with van der Waals surface area (Å²) in [6.07, 6.45) is 0. The summed E-state index contributed by atoms with van der Waals surface area (Å²) >= 11 is 5.92. The van der Waals surface area contributed by atoms with Crippen molar-refractivity contribution in [3.8, 4) is 22.4 Å². The lowest BCUT2D eigenvalue weighted by atomic mass is 10.0. The zero-order valence-corrected chi connectivity index (χ0v) is 12.1. The Bertz CT molecular complexity index is 777. The maximum Gasteiger partial charge on any atom is 0.129 e. The predicted octanol–water partition coefficient (Wildman–Crippen LogP) is 4.13. The Labute approximate surface area is 126 Å². The molecule has 1 aromatic heterocycles. The summed E-state index contributed by atoms with van der Waals surface area (Å²) in [5.41, 5.74) is 9.40. The van der Waals surface area contributed by atoms with Gasteiger partial charge in [0.15, 0.2) is 0 Å². The minimum absolute atomic E-state index is 0.283. The molecule has 0 aliphatic carbocycles. The topological polar surface area (TPSA) is 43.8 Å². The van der Waals surface area contributed by atoms with Gasteiger partial charge < -0.3 is 5.73 Å². The lowest BCUT2D eigenvalue weighted by Crippen LogP contribution is -1.97. The molecule has 0 amide bonds. The highest BCUT2D eigenvalue weighted by Crippen LogP contribution is 2.36. The third-order valence-electron chi connectivity index (χ3n) is 3.34. The van der Waals surface area contributed by atoms with E-state index in [1.54, 1.807) is 36.0 Å². The van der Waals surface area contributed by atoms with Crippen LogP contribution in [-0.4, -0.2) is 9.78 Å². The molecular formula is C16H13ClFN3. The van der Waals surface area contributed by atoms with E-state index in [2.05, 4.69) is 5.10 Å². The smallest absolute Gasteiger partial charge is 0.129 e. The Morgan fingerprint density at radius 2 is 1.57 bits per heavy atom. The molecule has 106 valence electrons. The minimum atomic E-state index is -0.283. The summed E-state index contributed by atoms with van der Waals surface area (Å²) in [5, 5.41) is 5.12. The normalized spacial score (nSPS) is 10.8. The molecule has 21 heavy (non-hydrogen) atoms. The fourth-order valence-corrected chi connectivity index (χ4v) is 2.37. The zero-order valence-electron chi connectivity index (χ0n) is 11.3. The first kappa shape index (κ1) is 13.6. The van der Waals surface area contributed by atoms with E-state index in [0.717, 1.165) is 22.4 Å². The van der Waals surface area contributed by atoms with Gasteiger partial charge in [-0.2, -0.15) is 5.10 Å². The molecule has 0 spiro atoms. The minimum Gasteiger partial charge on any atom is -0.383 e. The fourth-order valence-electron chi connectivity index (χ4n) is 2.25. The second-order valence-electron chi connectivity index (χ2n) is 4.75. The highest BCUT2D eigenvalue weighted by atomic mass is 35.5. The van der Waals surface area contributed by atoms with E-state index < -0.39 is 0 Å². The molecule has 0 fully saturated rings. The van der Waals surface area contributed by atoms with Gasteiger partial charge in [-0.3, -0.25) is 4.68 Å². The standard InChI is InChI=1S/C16H13ClFN3/c1-21-16(19)14(10-4-8-13(18)9-5-10)15(20-21)11-2-6-12(17)7-3-11/h2-9H,19H2,1H3. The number of hydrogen-bond acceptors (Lipinski definition) is 2. The first-order chi connectivity index (χ1) is 10.1. The van der Waals surface area contributed by atoms with Crippen molar-refractivity contribution in [1.29, 1.82) is 0 Å². The number of nitrogens with zero attached hydrogens (tertiary/aromatic N) is 2. The van der Waals surface area contributed by atoms with Gasteiger partial charge in [0, 0.05) is 17.6 Å². The summed E-state index contributed by atoms with van der Waals surface area (Å²) in [7, 11) is 1.78. The molecule has 2 N–H and O–H groups in total. The lowest BCUT2D eigenvalue weighted by molar-refractivity contribution is 0.628.